The Kier molecular flexibility index (Phi) is 8.40. The second-order valence-corrected chi connectivity index (χ2v) is 11.1. The summed E-state index contributed by atoms with van der Waals surface area (Å²) in [6.45, 7) is 9.90. The monoisotopic (exact) mass is 554 g/mol. The second-order valence-electron chi connectivity index (χ2n) is 11.1. The van der Waals surface area contributed by atoms with Gasteiger partial charge in [0.15, 0.2) is 6.61 Å². The van der Waals surface area contributed by atoms with Crippen molar-refractivity contribution in [2.24, 2.45) is 0 Å². The van der Waals surface area contributed by atoms with Crippen molar-refractivity contribution in [3.63, 3.8) is 0 Å². The molecule has 2 aliphatic heterocycles. The number of benzene rings is 3. The summed E-state index contributed by atoms with van der Waals surface area (Å²) < 4.78 is 5.69. The third kappa shape index (κ3) is 6.43. The molecule has 0 aliphatic carbocycles. The molecule has 1 saturated heterocycles. The van der Waals surface area contributed by atoms with Crippen molar-refractivity contribution >= 4 is 29.1 Å². The van der Waals surface area contributed by atoms with Gasteiger partial charge in [0.05, 0.1) is 11.7 Å². The van der Waals surface area contributed by atoms with Crippen LogP contribution in [0.2, 0.25) is 0 Å². The predicted molar refractivity (Wildman–Crippen MR) is 161 cm³/mol. The van der Waals surface area contributed by atoms with Gasteiger partial charge in [-0.2, -0.15) is 0 Å². The fourth-order valence-electron chi connectivity index (χ4n) is 5.57. The first-order chi connectivity index (χ1) is 19.7. The lowest BCUT2D eigenvalue weighted by atomic mass is 9.99. The molecule has 0 bridgehead atoms. The molecule has 8 heteroatoms. The van der Waals surface area contributed by atoms with Gasteiger partial charge < -0.3 is 20.3 Å². The fourth-order valence-corrected chi connectivity index (χ4v) is 5.57. The number of ether oxygens (including phenoxy) is 1. The first-order valence-corrected chi connectivity index (χ1v) is 14.3. The van der Waals surface area contributed by atoms with Gasteiger partial charge in [0.25, 0.3) is 5.91 Å². The number of aryl methyl sites for hydroxylation is 2. The number of nitrogens with zero attached hydrogens (tertiary/aromatic N) is 2. The highest BCUT2D eigenvalue weighted by molar-refractivity contribution is 6.04. The van der Waals surface area contributed by atoms with Crippen LogP contribution >= 0.6 is 0 Å². The first-order valence-electron chi connectivity index (χ1n) is 14.3. The van der Waals surface area contributed by atoms with Gasteiger partial charge in [-0.05, 0) is 98.8 Å². The highest BCUT2D eigenvalue weighted by Gasteiger charge is 2.34. The molecule has 2 aliphatic rings. The summed E-state index contributed by atoms with van der Waals surface area (Å²) in [5, 5.41) is 6.05. The van der Waals surface area contributed by atoms with Crippen LogP contribution in [0.3, 0.4) is 0 Å². The van der Waals surface area contributed by atoms with E-state index in [1.54, 1.807) is 11.8 Å². The lowest BCUT2D eigenvalue weighted by Crippen LogP contribution is -2.52. The molecule has 2 atom stereocenters. The zero-order chi connectivity index (χ0) is 29.1. The minimum atomic E-state index is -0.699. The van der Waals surface area contributed by atoms with E-state index in [9.17, 15) is 14.4 Å². The van der Waals surface area contributed by atoms with E-state index >= 15 is 0 Å². The van der Waals surface area contributed by atoms with Crippen molar-refractivity contribution in [1.82, 2.24) is 10.2 Å². The Morgan fingerprint density at radius 3 is 2.17 bits per heavy atom. The van der Waals surface area contributed by atoms with Crippen molar-refractivity contribution in [2.45, 2.75) is 52.6 Å². The summed E-state index contributed by atoms with van der Waals surface area (Å²) in [6, 6.07) is 18.9. The van der Waals surface area contributed by atoms with Gasteiger partial charge in [0.1, 0.15) is 11.8 Å². The largest absolute Gasteiger partial charge is 0.482 e. The topological polar surface area (TPSA) is 91.0 Å². The summed E-state index contributed by atoms with van der Waals surface area (Å²) in [4.78, 5) is 42.0. The van der Waals surface area contributed by atoms with Crippen LogP contribution in [0.25, 0.3) is 11.1 Å². The van der Waals surface area contributed by atoms with Crippen molar-refractivity contribution in [3.05, 3.63) is 77.4 Å². The van der Waals surface area contributed by atoms with Gasteiger partial charge in [-0.3, -0.25) is 19.3 Å². The molecule has 0 spiro atoms. The number of rotatable bonds is 8. The zero-order valence-corrected chi connectivity index (χ0v) is 24.2. The normalized spacial score (nSPS) is 16.5. The van der Waals surface area contributed by atoms with Crippen LogP contribution in [0.4, 0.5) is 11.4 Å². The third-order valence-corrected chi connectivity index (χ3v) is 8.03. The van der Waals surface area contributed by atoms with Crippen LogP contribution in [0.1, 0.15) is 49.4 Å². The van der Waals surface area contributed by atoms with Gasteiger partial charge in [-0.1, -0.05) is 36.4 Å². The predicted octanol–water partition coefficient (Wildman–Crippen LogP) is 5.00. The van der Waals surface area contributed by atoms with E-state index in [1.165, 1.54) is 6.92 Å². The molecule has 214 valence electrons. The maximum atomic E-state index is 13.7. The Labute approximate surface area is 241 Å². The van der Waals surface area contributed by atoms with Crippen LogP contribution in [-0.4, -0.2) is 54.9 Å². The van der Waals surface area contributed by atoms with Gasteiger partial charge in [0.2, 0.25) is 11.8 Å². The average Bonchev–Trinajstić information content (AvgIpc) is 3.47. The zero-order valence-electron chi connectivity index (χ0n) is 24.2. The van der Waals surface area contributed by atoms with Crippen LogP contribution < -0.4 is 20.3 Å². The molecule has 8 nitrogen and oxygen atoms in total. The number of hydrogen-bond donors (Lipinski definition) is 2. The second kappa shape index (κ2) is 12.1. The molecule has 3 aromatic rings. The molecule has 5 rings (SSSR count). The van der Waals surface area contributed by atoms with Gasteiger partial charge in [-0.25, -0.2) is 0 Å². The number of carbonyl (C=O) groups is 3. The van der Waals surface area contributed by atoms with E-state index in [0.717, 1.165) is 59.4 Å². The van der Waals surface area contributed by atoms with Crippen LogP contribution in [-0.2, 0) is 14.4 Å². The Balaban J connectivity index is 1.36. The molecule has 3 aromatic carbocycles. The molecule has 41 heavy (non-hydrogen) atoms. The quantitative estimate of drug-likeness (QED) is 0.409. The number of carbonyl (C=O) groups excluding carboxylic acids is 3. The van der Waals surface area contributed by atoms with E-state index in [0.29, 0.717) is 18.0 Å². The summed E-state index contributed by atoms with van der Waals surface area (Å²) in [6.07, 6.45) is 2.31. The van der Waals surface area contributed by atoms with Crippen LogP contribution in [0.5, 0.6) is 5.75 Å². The molecule has 2 N–H and O–H groups in total. The molecule has 0 saturated carbocycles. The summed E-state index contributed by atoms with van der Waals surface area (Å²) in [7, 11) is 0. The molecular formula is C33H38N4O4. The highest BCUT2D eigenvalue weighted by atomic mass is 16.5. The van der Waals surface area contributed by atoms with E-state index in [1.807, 2.05) is 50.2 Å². The maximum absolute atomic E-state index is 13.7. The number of anilines is 2. The Morgan fingerprint density at radius 2 is 1.54 bits per heavy atom. The SMILES string of the molecule is CC(=O)Nc1ccc(-c2ccc(C(CN3CCCC3)NC(=O)C(C)N3C(=O)COc4cc(C)c(C)cc43)cc2)cc1. The van der Waals surface area contributed by atoms with Crippen molar-refractivity contribution in [1.29, 1.82) is 0 Å². The molecule has 3 amide bonds. The summed E-state index contributed by atoms with van der Waals surface area (Å²) in [5.41, 5.74) is 6.60. The maximum Gasteiger partial charge on any atom is 0.265 e. The molecule has 2 heterocycles. The van der Waals surface area contributed by atoms with Gasteiger partial charge >= 0.3 is 0 Å². The van der Waals surface area contributed by atoms with Gasteiger partial charge in [-0.15, -0.1) is 0 Å². The number of nitrogens with one attached hydrogen (secondary N) is 2. The summed E-state index contributed by atoms with van der Waals surface area (Å²) >= 11 is 0. The molecule has 0 aromatic heterocycles. The van der Waals surface area contributed by atoms with Crippen molar-refractivity contribution in [3.8, 4) is 16.9 Å². The minimum absolute atomic E-state index is 0.0857. The fraction of sp³-hybridized carbons (Fsp3) is 0.364. The van der Waals surface area contributed by atoms with Crippen molar-refractivity contribution in [2.75, 3.05) is 36.5 Å². The highest BCUT2D eigenvalue weighted by Crippen LogP contribution is 2.36. The standard InChI is InChI=1S/C33H38N4O4/c1-21-17-30-31(18-22(21)2)41-20-32(39)37(30)23(3)33(40)35-29(19-36-15-5-6-16-36)27-9-7-25(8-10-27)26-11-13-28(14-12-26)34-24(4)38/h7-14,17-18,23,29H,5-6,15-16,19-20H2,1-4H3,(H,34,38)(H,35,40). The Morgan fingerprint density at radius 1 is 0.927 bits per heavy atom. The van der Waals surface area contributed by atoms with E-state index in [-0.39, 0.29) is 30.4 Å². The molecular weight excluding hydrogens is 516 g/mol. The smallest absolute Gasteiger partial charge is 0.265 e. The Hall–Kier alpha value is -4.17. The van der Waals surface area contributed by atoms with Crippen molar-refractivity contribution < 1.29 is 19.1 Å². The van der Waals surface area contributed by atoms with Gasteiger partial charge in [0, 0.05) is 19.2 Å². The third-order valence-electron chi connectivity index (χ3n) is 8.03. The number of fused-ring (bicyclic) bond motifs is 1. The van der Waals surface area contributed by atoms with E-state index in [2.05, 4.69) is 39.8 Å². The minimum Gasteiger partial charge on any atom is -0.482 e. The number of amides is 3. The lowest BCUT2D eigenvalue weighted by Gasteiger charge is -2.35. The first kappa shape index (κ1) is 28.4. The molecule has 1 fully saturated rings. The van der Waals surface area contributed by atoms with E-state index in [4.69, 9.17) is 4.74 Å². The number of likely N-dealkylation sites (tertiary alicyclic amines) is 1. The Bertz CT molecular complexity index is 1430. The summed E-state index contributed by atoms with van der Waals surface area (Å²) in [5.74, 6) is 0.0937. The number of hydrogen-bond acceptors (Lipinski definition) is 5. The molecule has 0 radical (unpaired) electrons. The lowest BCUT2D eigenvalue weighted by molar-refractivity contribution is -0.128. The van der Waals surface area contributed by atoms with Crippen LogP contribution in [0.15, 0.2) is 60.7 Å². The van der Waals surface area contributed by atoms with Crippen LogP contribution in [0, 0.1) is 13.8 Å². The van der Waals surface area contributed by atoms with E-state index < -0.39 is 6.04 Å². The molecule has 2 unspecified atom stereocenters. The average molecular weight is 555 g/mol.